The van der Waals surface area contributed by atoms with Gasteiger partial charge in [-0.1, -0.05) is 0 Å². The lowest BCUT2D eigenvalue weighted by Crippen LogP contribution is -2.50. The van der Waals surface area contributed by atoms with Crippen molar-refractivity contribution >= 4 is 5.97 Å². The number of carboxylic acid groups (broad SMARTS) is 1. The number of hydrogen-bond donors (Lipinski definition) is 2. The molecule has 0 aliphatic carbocycles. The van der Waals surface area contributed by atoms with Crippen molar-refractivity contribution in [3.63, 3.8) is 0 Å². The van der Waals surface area contributed by atoms with Crippen LogP contribution >= 0.6 is 0 Å². The first-order valence-corrected chi connectivity index (χ1v) is 5.36. The molecule has 0 aromatic carbocycles. The maximum atomic E-state index is 12.4. The number of halogens is 3. The molecule has 100 valence electrons. The summed E-state index contributed by atoms with van der Waals surface area (Å²) >= 11 is 0. The van der Waals surface area contributed by atoms with Crippen LogP contribution in [-0.2, 0) is 4.79 Å². The summed E-state index contributed by atoms with van der Waals surface area (Å²) in [6, 6.07) is 0. The fourth-order valence-corrected chi connectivity index (χ4v) is 2.06. The smallest absolute Gasteiger partial charge is 0.403 e. The lowest BCUT2D eigenvalue weighted by molar-refractivity contribution is -0.198. The van der Waals surface area contributed by atoms with Gasteiger partial charge in [-0.15, -0.1) is 0 Å². The summed E-state index contributed by atoms with van der Waals surface area (Å²) < 4.78 is 37.3. The minimum atomic E-state index is -4.75. The highest BCUT2D eigenvalue weighted by Crippen LogP contribution is 2.29. The minimum absolute atomic E-state index is 0.0762. The molecule has 1 fully saturated rings. The van der Waals surface area contributed by atoms with E-state index >= 15 is 0 Å². The second-order valence-corrected chi connectivity index (χ2v) is 4.77. The van der Waals surface area contributed by atoms with E-state index < -0.39 is 30.2 Å². The van der Waals surface area contributed by atoms with E-state index in [9.17, 15) is 23.1 Å². The van der Waals surface area contributed by atoms with Gasteiger partial charge in [0.05, 0.1) is 5.60 Å². The number of piperidine rings is 1. The molecule has 2 unspecified atom stereocenters. The molecule has 1 aliphatic heterocycles. The third-order valence-electron chi connectivity index (χ3n) is 2.89. The monoisotopic (exact) mass is 255 g/mol. The SMILES string of the molecule is CC1(O)CCCN(CC(C(=O)O)C(F)(F)F)C1. The predicted molar refractivity (Wildman–Crippen MR) is 53.5 cm³/mol. The van der Waals surface area contributed by atoms with Gasteiger partial charge in [-0.25, -0.2) is 0 Å². The fourth-order valence-electron chi connectivity index (χ4n) is 2.06. The van der Waals surface area contributed by atoms with E-state index in [-0.39, 0.29) is 6.54 Å². The van der Waals surface area contributed by atoms with Crippen LogP contribution in [0.5, 0.6) is 0 Å². The Labute approximate surface area is 97.0 Å². The molecule has 0 bridgehead atoms. The van der Waals surface area contributed by atoms with Crippen LogP contribution in [0.15, 0.2) is 0 Å². The van der Waals surface area contributed by atoms with Crippen LogP contribution in [0.4, 0.5) is 13.2 Å². The van der Waals surface area contributed by atoms with Crippen molar-refractivity contribution in [3.8, 4) is 0 Å². The van der Waals surface area contributed by atoms with Gasteiger partial charge in [0.25, 0.3) is 0 Å². The number of alkyl halides is 3. The molecule has 1 rings (SSSR count). The highest BCUT2D eigenvalue weighted by atomic mass is 19.4. The Morgan fingerprint density at radius 1 is 1.53 bits per heavy atom. The van der Waals surface area contributed by atoms with Crippen LogP contribution in [-0.4, -0.2) is 52.5 Å². The number of hydrogen-bond acceptors (Lipinski definition) is 3. The van der Waals surface area contributed by atoms with Gasteiger partial charge in [-0.2, -0.15) is 13.2 Å². The standard InChI is InChI=1S/C10H16F3NO3/c1-9(17)3-2-4-14(6-9)5-7(8(15)16)10(11,12)13/h7,17H,2-6H2,1H3,(H,15,16). The second-order valence-electron chi connectivity index (χ2n) is 4.77. The highest BCUT2D eigenvalue weighted by Gasteiger charge is 2.46. The molecule has 1 heterocycles. The van der Waals surface area contributed by atoms with Gasteiger partial charge in [0.1, 0.15) is 0 Å². The van der Waals surface area contributed by atoms with E-state index in [4.69, 9.17) is 5.11 Å². The number of aliphatic carboxylic acids is 1. The number of rotatable bonds is 3. The average Bonchev–Trinajstić information content (AvgIpc) is 2.10. The van der Waals surface area contributed by atoms with Gasteiger partial charge < -0.3 is 10.2 Å². The van der Waals surface area contributed by atoms with Crippen LogP contribution in [0.2, 0.25) is 0 Å². The van der Waals surface area contributed by atoms with Crippen molar-refractivity contribution in [3.05, 3.63) is 0 Å². The molecule has 0 amide bonds. The van der Waals surface area contributed by atoms with Crippen LogP contribution in [0.3, 0.4) is 0 Å². The molecule has 2 atom stereocenters. The van der Waals surface area contributed by atoms with Gasteiger partial charge in [0.2, 0.25) is 0 Å². The van der Waals surface area contributed by atoms with Gasteiger partial charge in [0.15, 0.2) is 5.92 Å². The zero-order valence-electron chi connectivity index (χ0n) is 9.50. The molecular weight excluding hydrogens is 239 g/mol. The number of aliphatic hydroxyl groups is 1. The van der Waals surface area contributed by atoms with Crippen LogP contribution in [0, 0.1) is 5.92 Å². The van der Waals surface area contributed by atoms with E-state index in [0.29, 0.717) is 19.4 Å². The van der Waals surface area contributed by atoms with E-state index in [0.717, 1.165) is 0 Å². The molecule has 2 N–H and O–H groups in total. The Balaban J connectivity index is 2.65. The lowest BCUT2D eigenvalue weighted by atomic mass is 9.94. The molecule has 7 heteroatoms. The summed E-state index contributed by atoms with van der Waals surface area (Å²) in [7, 11) is 0. The Kier molecular flexibility index (Phi) is 4.03. The predicted octanol–water partition coefficient (Wildman–Crippen LogP) is 1.10. The first-order valence-electron chi connectivity index (χ1n) is 5.36. The zero-order valence-corrected chi connectivity index (χ0v) is 9.50. The van der Waals surface area contributed by atoms with E-state index in [2.05, 4.69) is 0 Å². The van der Waals surface area contributed by atoms with Crippen molar-refractivity contribution in [2.45, 2.75) is 31.5 Å². The maximum absolute atomic E-state index is 12.4. The molecule has 1 aliphatic rings. The quantitative estimate of drug-likeness (QED) is 0.792. The molecule has 17 heavy (non-hydrogen) atoms. The topological polar surface area (TPSA) is 60.8 Å². The largest absolute Gasteiger partial charge is 0.481 e. The highest BCUT2D eigenvalue weighted by molar-refractivity contribution is 5.71. The number of carbonyl (C=O) groups is 1. The second kappa shape index (κ2) is 4.81. The zero-order chi connectivity index (χ0) is 13.3. The normalized spacial score (nSPS) is 29.0. The van der Waals surface area contributed by atoms with Gasteiger partial charge in [0, 0.05) is 13.1 Å². The first-order chi connectivity index (χ1) is 7.62. The Morgan fingerprint density at radius 3 is 2.53 bits per heavy atom. The van der Waals surface area contributed by atoms with Gasteiger partial charge in [-0.3, -0.25) is 9.69 Å². The average molecular weight is 255 g/mol. The third kappa shape index (κ3) is 4.16. The first kappa shape index (κ1) is 14.2. The molecule has 0 radical (unpaired) electrons. The molecule has 4 nitrogen and oxygen atoms in total. The van der Waals surface area contributed by atoms with Crippen molar-refractivity contribution < 1.29 is 28.2 Å². The van der Waals surface area contributed by atoms with Gasteiger partial charge >= 0.3 is 12.1 Å². The summed E-state index contributed by atoms with van der Waals surface area (Å²) in [4.78, 5) is 11.9. The summed E-state index contributed by atoms with van der Waals surface area (Å²) in [5, 5.41) is 18.3. The number of β-amino-alcohol motifs (C(OH)–C–C–N with tert-alkyl or cyclic N) is 1. The molecule has 0 saturated carbocycles. The third-order valence-corrected chi connectivity index (χ3v) is 2.89. The fraction of sp³-hybridized carbons (Fsp3) is 0.900. The minimum Gasteiger partial charge on any atom is -0.481 e. The summed E-state index contributed by atoms with van der Waals surface area (Å²) in [5.41, 5.74) is -1.03. The van der Waals surface area contributed by atoms with Crippen LogP contribution in [0.25, 0.3) is 0 Å². The number of nitrogens with zero attached hydrogens (tertiary/aromatic N) is 1. The number of likely N-dealkylation sites (tertiary alicyclic amines) is 1. The molecular formula is C10H16F3NO3. The molecule has 1 saturated heterocycles. The molecule has 0 aromatic heterocycles. The maximum Gasteiger partial charge on any atom is 0.403 e. The summed E-state index contributed by atoms with van der Waals surface area (Å²) in [6.45, 7) is 1.40. The molecule has 0 spiro atoms. The van der Waals surface area contributed by atoms with Crippen molar-refractivity contribution in [2.75, 3.05) is 19.6 Å². The Hall–Kier alpha value is -0.820. The van der Waals surface area contributed by atoms with E-state index in [1.165, 1.54) is 4.90 Å². The van der Waals surface area contributed by atoms with Gasteiger partial charge in [-0.05, 0) is 26.3 Å². The summed E-state index contributed by atoms with van der Waals surface area (Å²) in [5.74, 6) is -4.26. The summed E-state index contributed by atoms with van der Waals surface area (Å²) in [6.07, 6.45) is -3.67. The van der Waals surface area contributed by atoms with Crippen molar-refractivity contribution in [1.82, 2.24) is 4.90 Å². The van der Waals surface area contributed by atoms with Crippen molar-refractivity contribution in [1.29, 1.82) is 0 Å². The van der Waals surface area contributed by atoms with E-state index in [1.54, 1.807) is 6.92 Å². The van der Waals surface area contributed by atoms with Crippen LogP contribution in [0.1, 0.15) is 19.8 Å². The Morgan fingerprint density at radius 2 is 2.12 bits per heavy atom. The number of carboxylic acids is 1. The van der Waals surface area contributed by atoms with E-state index in [1.807, 2.05) is 0 Å². The lowest BCUT2D eigenvalue weighted by Gasteiger charge is -2.38. The van der Waals surface area contributed by atoms with Crippen LogP contribution < -0.4 is 0 Å². The molecule has 0 aromatic rings. The Bertz CT molecular complexity index is 291. The van der Waals surface area contributed by atoms with Crippen molar-refractivity contribution in [2.24, 2.45) is 5.92 Å².